The van der Waals surface area contributed by atoms with Gasteiger partial charge in [0.2, 0.25) is 11.8 Å². The molecule has 0 radical (unpaired) electrons. The summed E-state index contributed by atoms with van der Waals surface area (Å²) in [5.74, 6) is -2.40. The first-order chi connectivity index (χ1) is 14.3. The zero-order valence-corrected chi connectivity index (χ0v) is 16.9. The minimum atomic E-state index is -0.655. The fourth-order valence-electron chi connectivity index (χ4n) is 3.27. The zero-order chi connectivity index (χ0) is 21.8. The number of aryl methyl sites for hydroxylation is 1. The average molecular weight is 410 g/mol. The van der Waals surface area contributed by atoms with Crippen molar-refractivity contribution in [2.75, 3.05) is 31.0 Å². The Morgan fingerprint density at radius 3 is 2.07 bits per heavy atom. The number of benzene rings is 2. The molecule has 8 nitrogen and oxygen atoms in total. The number of anilines is 2. The van der Waals surface area contributed by atoms with Crippen LogP contribution in [0.4, 0.5) is 11.4 Å². The molecule has 1 unspecified atom stereocenters. The molecule has 1 N–H and O–H groups in total. The summed E-state index contributed by atoms with van der Waals surface area (Å²) in [6, 6.07) is 11.6. The molecule has 2 aromatic carbocycles. The standard InChI is InChI=1S/C22H22N2O6/c1-13-4-6-18(7-5-13)24-12-16(11-19(24)25)20(26)23-17-9-14(21(27)29-2)8-15(10-17)22(28)30-3/h4-10,16H,11-12H2,1-3H3,(H,23,26). The van der Waals surface area contributed by atoms with E-state index in [4.69, 9.17) is 9.47 Å². The van der Waals surface area contributed by atoms with E-state index in [-0.39, 0.29) is 41.6 Å². The van der Waals surface area contributed by atoms with Crippen LogP contribution in [0.5, 0.6) is 0 Å². The van der Waals surface area contributed by atoms with E-state index in [1.165, 1.54) is 32.4 Å². The lowest BCUT2D eigenvalue weighted by Gasteiger charge is -2.17. The molecule has 1 fully saturated rings. The number of nitrogens with one attached hydrogen (secondary N) is 1. The summed E-state index contributed by atoms with van der Waals surface area (Å²) < 4.78 is 9.39. The van der Waals surface area contributed by atoms with Crippen LogP contribution in [0.3, 0.4) is 0 Å². The van der Waals surface area contributed by atoms with Crippen LogP contribution in [0.25, 0.3) is 0 Å². The Labute approximate surface area is 173 Å². The van der Waals surface area contributed by atoms with Crippen LogP contribution in [-0.4, -0.2) is 44.5 Å². The summed E-state index contributed by atoms with van der Waals surface area (Å²) in [6.45, 7) is 2.20. The molecule has 0 bridgehead atoms. The molecule has 156 valence electrons. The summed E-state index contributed by atoms with van der Waals surface area (Å²) >= 11 is 0. The monoisotopic (exact) mass is 410 g/mol. The maximum absolute atomic E-state index is 12.8. The predicted octanol–water partition coefficient (Wildman–Crippen LogP) is 2.56. The van der Waals surface area contributed by atoms with Crippen molar-refractivity contribution in [3.8, 4) is 0 Å². The highest BCUT2D eigenvalue weighted by Gasteiger charge is 2.35. The number of carbonyl (C=O) groups is 4. The van der Waals surface area contributed by atoms with Gasteiger partial charge in [-0.2, -0.15) is 0 Å². The van der Waals surface area contributed by atoms with Gasteiger partial charge in [0.15, 0.2) is 0 Å². The summed E-state index contributed by atoms with van der Waals surface area (Å²) in [4.78, 5) is 50.6. The lowest BCUT2D eigenvalue weighted by Crippen LogP contribution is -2.28. The van der Waals surface area contributed by atoms with Gasteiger partial charge in [0.1, 0.15) is 0 Å². The van der Waals surface area contributed by atoms with E-state index in [1.807, 2.05) is 31.2 Å². The minimum absolute atomic E-state index is 0.0697. The molecule has 1 aliphatic heterocycles. The molecule has 8 heteroatoms. The van der Waals surface area contributed by atoms with E-state index in [1.54, 1.807) is 4.90 Å². The molecule has 30 heavy (non-hydrogen) atoms. The molecule has 0 aliphatic carbocycles. The van der Waals surface area contributed by atoms with E-state index in [0.717, 1.165) is 11.3 Å². The molecule has 2 amide bonds. The fourth-order valence-corrected chi connectivity index (χ4v) is 3.27. The maximum Gasteiger partial charge on any atom is 0.337 e. The first-order valence-corrected chi connectivity index (χ1v) is 9.32. The van der Waals surface area contributed by atoms with Gasteiger partial charge in [0.05, 0.1) is 31.3 Å². The molecular formula is C22H22N2O6. The fraction of sp³-hybridized carbons (Fsp3) is 0.273. The summed E-state index contributed by atoms with van der Waals surface area (Å²) in [5, 5.41) is 2.69. The molecule has 1 atom stereocenters. The number of hydrogen-bond acceptors (Lipinski definition) is 6. The quantitative estimate of drug-likeness (QED) is 0.760. The predicted molar refractivity (Wildman–Crippen MR) is 109 cm³/mol. The number of hydrogen-bond donors (Lipinski definition) is 1. The third-order valence-corrected chi connectivity index (χ3v) is 4.88. The summed E-state index contributed by atoms with van der Waals surface area (Å²) in [6.07, 6.45) is 0.0697. The first-order valence-electron chi connectivity index (χ1n) is 9.32. The Morgan fingerprint density at radius 2 is 1.53 bits per heavy atom. The number of ether oxygens (including phenoxy) is 2. The van der Waals surface area contributed by atoms with Crippen molar-refractivity contribution < 1.29 is 28.7 Å². The summed E-state index contributed by atoms with van der Waals surface area (Å²) in [7, 11) is 2.43. The van der Waals surface area contributed by atoms with Gasteiger partial charge in [0.25, 0.3) is 0 Å². The number of carbonyl (C=O) groups excluding carboxylic acids is 4. The van der Waals surface area contributed by atoms with Crippen molar-refractivity contribution >= 4 is 35.1 Å². The SMILES string of the molecule is COC(=O)c1cc(NC(=O)C2CC(=O)N(c3ccc(C)cc3)C2)cc(C(=O)OC)c1. The number of methoxy groups -OCH3 is 2. The van der Waals surface area contributed by atoms with E-state index in [2.05, 4.69) is 5.32 Å². The highest BCUT2D eigenvalue weighted by Crippen LogP contribution is 2.27. The topological polar surface area (TPSA) is 102 Å². The average Bonchev–Trinajstić information content (AvgIpc) is 3.14. The molecule has 1 aliphatic rings. The van der Waals surface area contributed by atoms with E-state index >= 15 is 0 Å². The Morgan fingerprint density at radius 1 is 0.967 bits per heavy atom. The molecule has 0 saturated carbocycles. The Kier molecular flexibility index (Phi) is 6.15. The normalized spacial score (nSPS) is 15.6. The van der Waals surface area contributed by atoms with Gasteiger partial charge in [-0.15, -0.1) is 0 Å². The van der Waals surface area contributed by atoms with E-state index in [0.29, 0.717) is 0 Å². The van der Waals surface area contributed by atoms with Crippen LogP contribution in [0.1, 0.15) is 32.7 Å². The van der Waals surface area contributed by atoms with Crippen LogP contribution >= 0.6 is 0 Å². The van der Waals surface area contributed by atoms with Crippen LogP contribution in [0.2, 0.25) is 0 Å². The zero-order valence-electron chi connectivity index (χ0n) is 16.9. The molecular weight excluding hydrogens is 388 g/mol. The van der Waals surface area contributed by atoms with Crippen molar-refractivity contribution in [2.45, 2.75) is 13.3 Å². The number of rotatable bonds is 5. The van der Waals surface area contributed by atoms with Crippen molar-refractivity contribution in [3.63, 3.8) is 0 Å². The second-order valence-electron chi connectivity index (χ2n) is 7.01. The largest absolute Gasteiger partial charge is 0.465 e. The Hall–Kier alpha value is -3.68. The van der Waals surface area contributed by atoms with Crippen LogP contribution < -0.4 is 10.2 Å². The maximum atomic E-state index is 12.8. The number of nitrogens with zero attached hydrogens (tertiary/aromatic N) is 1. The van der Waals surface area contributed by atoms with Crippen molar-refractivity contribution in [1.29, 1.82) is 0 Å². The minimum Gasteiger partial charge on any atom is -0.465 e. The number of esters is 2. The molecule has 0 aromatic heterocycles. The highest BCUT2D eigenvalue weighted by molar-refractivity contribution is 6.04. The molecule has 1 heterocycles. The molecule has 3 rings (SSSR count). The van der Waals surface area contributed by atoms with Gasteiger partial charge >= 0.3 is 11.9 Å². The molecule has 1 saturated heterocycles. The van der Waals surface area contributed by atoms with Gasteiger partial charge < -0.3 is 19.7 Å². The van der Waals surface area contributed by atoms with Crippen LogP contribution in [0, 0.1) is 12.8 Å². The van der Waals surface area contributed by atoms with Crippen molar-refractivity contribution in [3.05, 3.63) is 59.2 Å². The Bertz CT molecular complexity index is 965. The molecule has 0 spiro atoms. The lowest BCUT2D eigenvalue weighted by molar-refractivity contribution is -0.122. The van der Waals surface area contributed by atoms with E-state index in [9.17, 15) is 19.2 Å². The lowest BCUT2D eigenvalue weighted by atomic mass is 10.1. The van der Waals surface area contributed by atoms with E-state index < -0.39 is 17.9 Å². The van der Waals surface area contributed by atoms with Gasteiger partial charge in [-0.05, 0) is 37.3 Å². The van der Waals surface area contributed by atoms with Crippen LogP contribution in [0.15, 0.2) is 42.5 Å². The van der Waals surface area contributed by atoms with Crippen molar-refractivity contribution in [2.24, 2.45) is 5.92 Å². The van der Waals surface area contributed by atoms with Gasteiger partial charge in [-0.25, -0.2) is 9.59 Å². The second-order valence-corrected chi connectivity index (χ2v) is 7.01. The van der Waals surface area contributed by atoms with Gasteiger partial charge in [0, 0.05) is 24.3 Å². The first kappa shape index (κ1) is 21.0. The highest BCUT2D eigenvalue weighted by atomic mass is 16.5. The van der Waals surface area contributed by atoms with Crippen LogP contribution in [-0.2, 0) is 19.1 Å². The third-order valence-electron chi connectivity index (χ3n) is 4.88. The smallest absolute Gasteiger partial charge is 0.337 e. The second kappa shape index (κ2) is 8.77. The van der Waals surface area contributed by atoms with Gasteiger partial charge in [-0.1, -0.05) is 17.7 Å². The van der Waals surface area contributed by atoms with Crippen molar-refractivity contribution in [1.82, 2.24) is 0 Å². The number of amides is 2. The van der Waals surface area contributed by atoms with Gasteiger partial charge in [-0.3, -0.25) is 9.59 Å². The third kappa shape index (κ3) is 4.48. The molecule has 2 aromatic rings. The summed E-state index contributed by atoms with van der Waals surface area (Å²) in [5.41, 5.74) is 2.25. The Balaban J connectivity index is 1.78.